The molecule has 1 aromatic heterocycles. The summed E-state index contributed by atoms with van der Waals surface area (Å²) in [5.74, 6) is 1.26. The standard InChI is InChI=1S/C20H24ClN5O/c1-20(2)10-16(26-19(24-20)22-12-23-26)14-4-3-9-25(11-14)18-17(27-18)13-5-7-15(21)8-6-13/h5-8,10,12,14,17-18H,3-4,9,11H2,1-2H3,(H,22,23,24). The van der Waals surface area contributed by atoms with Crippen molar-refractivity contribution in [3.8, 4) is 0 Å². The lowest BCUT2D eigenvalue weighted by Gasteiger charge is -2.37. The maximum Gasteiger partial charge on any atom is 0.226 e. The van der Waals surface area contributed by atoms with Crippen LogP contribution in [0, 0.1) is 5.92 Å². The van der Waals surface area contributed by atoms with Crippen molar-refractivity contribution in [3.05, 3.63) is 47.3 Å². The number of anilines is 1. The largest absolute Gasteiger partial charge is 0.348 e. The van der Waals surface area contributed by atoms with E-state index in [1.54, 1.807) is 6.33 Å². The molecule has 0 bridgehead atoms. The van der Waals surface area contributed by atoms with Crippen molar-refractivity contribution >= 4 is 23.2 Å². The molecule has 27 heavy (non-hydrogen) atoms. The molecule has 4 heterocycles. The fourth-order valence-electron chi connectivity index (χ4n) is 4.32. The molecule has 1 N–H and O–H groups in total. The summed E-state index contributed by atoms with van der Waals surface area (Å²) in [4.78, 5) is 6.85. The van der Waals surface area contributed by atoms with Crippen LogP contribution in [0.5, 0.6) is 0 Å². The van der Waals surface area contributed by atoms with Gasteiger partial charge in [0.25, 0.3) is 0 Å². The molecule has 3 atom stereocenters. The summed E-state index contributed by atoms with van der Waals surface area (Å²) in [5.41, 5.74) is 2.33. The van der Waals surface area contributed by atoms with Crippen LogP contribution >= 0.6 is 11.6 Å². The van der Waals surface area contributed by atoms with E-state index >= 15 is 0 Å². The summed E-state index contributed by atoms with van der Waals surface area (Å²) < 4.78 is 7.99. The number of piperidine rings is 1. The number of halogens is 1. The summed E-state index contributed by atoms with van der Waals surface area (Å²) in [5, 5.41) is 8.64. The number of epoxide rings is 1. The number of hydrogen-bond donors (Lipinski definition) is 1. The molecule has 3 aliphatic rings. The van der Waals surface area contributed by atoms with Gasteiger partial charge in [-0.25, -0.2) is 4.68 Å². The number of fused-ring (bicyclic) bond motifs is 1. The highest BCUT2D eigenvalue weighted by atomic mass is 35.5. The zero-order chi connectivity index (χ0) is 18.6. The fourth-order valence-corrected chi connectivity index (χ4v) is 4.44. The molecule has 0 aliphatic carbocycles. The van der Waals surface area contributed by atoms with Crippen molar-refractivity contribution in [2.24, 2.45) is 5.92 Å². The van der Waals surface area contributed by atoms with Gasteiger partial charge < -0.3 is 10.1 Å². The van der Waals surface area contributed by atoms with Crippen molar-refractivity contribution in [3.63, 3.8) is 0 Å². The minimum Gasteiger partial charge on any atom is -0.348 e. The maximum atomic E-state index is 6.03. The lowest BCUT2D eigenvalue weighted by Crippen LogP contribution is -2.41. The summed E-state index contributed by atoms with van der Waals surface area (Å²) in [6, 6.07) is 7.99. The van der Waals surface area contributed by atoms with Gasteiger partial charge in [-0.05, 0) is 50.5 Å². The smallest absolute Gasteiger partial charge is 0.226 e. The first-order valence-corrected chi connectivity index (χ1v) is 9.94. The molecule has 0 spiro atoms. The SMILES string of the molecule is CC1(C)C=C(C2CCCN(C3OC3c3ccc(Cl)cc3)C2)n2ncnc2N1. The van der Waals surface area contributed by atoms with E-state index in [4.69, 9.17) is 16.3 Å². The number of nitrogens with zero attached hydrogens (tertiary/aromatic N) is 4. The van der Waals surface area contributed by atoms with E-state index in [0.29, 0.717) is 5.92 Å². The van der Waals surface area contributed by atoms with Crippen LogP contribution in [-0.4, -0.2) is 44.5 Å². The molecule has 2 fully saturated rings. The molecule has 5 rings (SSSR count). The van der Waals surface area contributed by atoms with E-state index in [1.807, 2.05) is 16.8 Å². The number of nitrogens with one attached hydrogen (secondary N) is 1. The Balaban J connectivity index is 1.33. The van der Waals surface area contributed by atoms with Gasteiger partial charge in [0.2, 0.25) is 5.95 Å². The Morgan fingerprint density at radius 3 is 2.89 bits per heavy atom. The van der Waals surface area contributed by atoms with Gasteiger partial charge in [-0.15, -0.1) is 0 Å². The van der Waals surface area contributed by atoms with Crippen LogP contribution in [-0.2, 0) is 4.74 Å². The number of rotatable bonds is 3. The van der Waals surface area contributed by atoms with Crippen molar-refractivity contribution in [2.75, 3.05) is 18.4 Å². The molecule has 0 radical (unpaired) electrons. The average Bonchev–Trinajstić information content (AvgIpc) is 3.32. The predicted octanol–water partition coefficient (Wildman–Crippen LogP) is 3.79. The third-order valence-electron chi connectivity index (χ3n) is 5.63. The van der Waals surface area contributed by atoms with Gasteiger partial charge in [0.1, 0.15) is 18.7 Å². The molecule has 6 nitrogen and oxygen atoms in total. The van der Waals surface area contributed by atoms with Crippen LogP contribution in [0.2, 0.25) is 5.02 Å². The van der Waals surface area contributed by atoms with Crippen molar-refractivity contribution in [1.82, 2.24) is 19.7 Å². The first kappa shape index (κ1) is 17.2. The van der Waals surface area contributed by atoms with Crippen LogP contribution in [0.15, 0.2) is 36.7 Å². The van der Waals surface area contributed by atoms with Crippen LogP contribution < -0.4 is 5.32 Å². The van der Waals surface area contributed by atoms with Gasteiger partial charge in [-0.3, -0.25) is 4.90 Å². The minimum absolute atomic E-state index is 0.122. The van der Waals surface area contributed by atoms with Gasteiger partial charge in [-0.2, -0.15) is 10.1 Å². The van der Waals surface area contributed by atoms with Gasteiger partial charge >= 0.3 is 0 Å². The Morgan fingerprint density at radius 1 is 1.26 bits per heavy atom. The number of likely N-dealkylation sites (tertiary alicyclic amines) is 1. The molecular weight excluding hydrogens is 362 g/mol. The molecule has 7 heteroatoms. The predicted molar refractivity (Wildman–Crippen MR) is 105 cm³/mol. The van der Waals surface area contributed by atoms with Crippen molar-refractivity contribution in [2.45, 2.75) is 44.6 Å². The van der Waals surface area contributed by atoms with Crippen LogP contribution in [0.1, 0.15) is 38.4 Å². The third kappa shape index (κ3) is 3.26. The second-order valence-electron chi connectivity index (χ2n) is 8.24. The average molecular weight is 386 g/mol. The Labute approximate surface area is 164 Å². The van der Waals surface area contributed by atoms with Gasteiger partial charge in [-0.1, -0.05) is 23.7 Å². The quantitative estimate of drug-likeness (QED) is 0.814. The second-order valence-corrected chi connectivity index (χ2v) is 8.68. The summed E-state index contributed by atoms with van der Waals surface area (Å²) in [6.45, 7) is 6.40. The monoisotopic (exact) mass is 385 g/mol. The highest BCUT2D eigenvalue weighted by Gasteiger charge is 2.46. The Kier molecular flexibility index (Phi) is 4.04. The van der Waals surface area contributed by atoms with E-state index in [-0.39, 0.29) is 17.9 Å². The normalized spacial score (nSPS) is 29.6. The van der Waals surface area contributed by atoms with Crippen LogP contribution in [0.4, 0.5) is 5.95 Å². The van der Waals surface area contributed by atoms with Gasteiger partial charge in [0.15, 0.2) is 0 Å². The van der Waals surface area contributed by atoms with Crippen molar-refractivity contribution < 1.29 is 4.74 Å². The Morgan fingerprint density at radius 2 is 2.07 bits per heavy atom. The zero-order valence-corrected chi connectivity index (χ0v) is 16.4. The Hall–Kier alpha value is -1.89. The maximum absolute atomic E-state index is 6.03. The van der Waals surface area contributed by atoms with Gasteiger partial charge in [0.05, 0.1) is 5.54 Å². The third-order valence-corrected chi connectivity index (χ3v) is 5.88. The molecule has 3 unspecified atom stereocenters. The summed E-state index contributed by atoms with van der Waals surface area (Å²) in [6.07, 6.45) is 6.57. The van der Waals surface area contributed by atoms with Crippen LogP contribution in [0.3, 0.4) is 0 Å². The lowest BCUT2D eigenvalue weighted by atomic mass is 9.90. The lowest BCUT2D eigenvalue weighted by molar-refractivity contribution is 0.129. The molecule has 1 aromatic carbocycles. The molecule has 0 saturated carbocycles. The van der Waals surface area contributed by atoms with E-state index in [2.05, 4.69) is 52.4 Å². The van der Waals surface area contributed by atoms with Crippen molar-refractivity contribution in [1.29, 1.82) is 0 Å². The fraction of sp³-hybridized carbons (Fsp3) is 0.500. The molecule has 3 aliphatic heterocycles. The van der Waals surface area contributed by atoms with E-state index in [9.17, 15) is 0 Å². The van der Waals surface area contributed by atoms with Crippen LogP contribution in [0.25, 0.3) is 5.70 Å². The van der Waals surface area contributed by atoms with E-state index in [1.165, 1.54) is 11.3 Å². The van der Waals surface area contributed by atoms with E-state index in [0.717, 1.165) is 36.9 Å². The first-order valence-electron chi connectivity index (χ1n) is 9.56. The minimum atomic E-state index is -0.122. The molecular formula is C20H24ClN5O. The highest BCUT2D eigenvalue weighted by molar-refractivity contribution is 6.30. The first-order chi connectivity index (χ1) is 13.0. The molecule has 2 aromatic rings. The second kappa shape index (κ2) is 6.33. The zero-order valence-electron chi connectivity index (χ0n) is 15.6. The number of aromatic nitrogens is 3. The van der Waals surface area contributed by atoms with Gasteiger partial charge in [0, 0.05) is 29.7 Å². The summed E-state index contributed by atoms with van der Waals surface area (Å²) >= 11 is 6.01. The number of ether oxygens (including phenoxy) is 1. The number of benzene rings is 1. The molecule has 0 amide bonds. The molecule has 142 valence electrons. The Bertz CT molecular complexity index is 875. The molecule has 2 saturated heterocycles. The topological polar surface area (TPSA) is 58.5 Å². The van der Waals surface area contributed by atoms with E-state index < -0.39 is 0 Å². The number of hydrogen-bond acceptors (Lipinski definition) is 5. The summed E-state index contributed by atoms with van der Waals surface area (Å²) in [7, 11) is 0. The highest BCUT2D eigenvalue weighted by Crippen LogP contribution is 2.44.